The second-order valence-electron chi connectivity index (χ2n) is 7.70. The summed E-state index contributed by atoms with van der Waals surface area (Å²) in [7, 11) is -2.06. The lowest BCUT2D eigenvalue weighted by atomic mass is 9.85. The van der Waals surface area contributed by atoms with E-state index in [2.05, 4.69) is 42.4 Å². The first-order valence-corrected chi connectivity index (χ1v) is 12.6. The van der Waals surface area contributed by atoms with E-state index in [1.807, 2.05) is 85.8 Å². The number of hydrogen-bond acceptors (Lipinski definition) is 1. The molecule has 0 fully saturated rings. The summed E-state index contributed by atoms with van der Waals surface area (Å²) in [6.07, 6.45) is 0. The number of hydrogen-bond donors (Lipinski definition) is 1. The van der Waals surface area contributed by atoms with Gasteiger partial charge in [0, 0.05) is 5.56 Å². The molecule has 0 radical (unpaired) electrons. The zero-order valence-electron chi connectivity index (χ0n) is 16.7. The molecular weight excluding hydrogens is 356 g/mol. The van der Waals surface area contributed by atoms with Crippen molar-refractivity contribution in [2.45, 2.75) is 25.6 Å². The first-order valence-electron chi connectivity index (χ1n) is 9.53. The number of rotatable bonds is 4. The molecule has 0 spiro atoms. The summed E-state index contributed by atoms with van der Waals surface area (Å²) < 4.78 is 0. The predicted molar refractivity (Wildman–Crippen MR) is 121 cm³/mol. The van der Waals surface area contributed by atoms with Crippen LogP contribution in [-0.4, -0.2) is 13.2 Å². The molecule has 1 unspecified atom stereocenters. The van der Waals surface area contributed by atoms with Gasteiger partial charge in [-0.05, 0) is 35.8 Å². The van der Waals surface area contributed by atoms with Gasteiger partial charge in [-0.1, -0.05) is 104 Å². The number of benzene rings is 3. The van der Waals surface area contributed by atoms with Crippen molar-refractivity contribution < 1.29 is 5.11 Å². The Hall–Kier alpha value is -2.86. The molecule has 0 aromatic heterocycles. The maximum Gasteiger partial charge on any atom is 0.156 e. The van der Waals surface area contributed by atoms with Crippen LogP contribution in [0.4, 0.5) is 0 Å². The fraction of sp³-hybridized carbons (Fsp3) is 0.154. The Kier molecular flexibility index (Phi) is 5.99. The van der Waals surface area contributed by atoms with E-state index in [1.165, 1.54) is 0 Å². The Bertz CT molecular complexity index is 992. The molecule has 0 aliphatic carbocycles. The van der Waals surface area contributed by atoms with Gasteiger partial charge < -0.3 is 5.11 Å². The van der Waals surface area contributed by atoms with Crippen molar-refractivity contribution in [2.75, 3.05) is 0 Å². The monoisotopic (exact) mass is 382 g/mol. The van der Waals surface area contributed by atoms with Crippen LogP contribution in [0.2, 0.25) is 13.1 Å². The summed E-state index contributed by atoms with van der Waals surface area (Å²) >= 11 is 0. The molecule has 0 bridgehead atoms. The maximum atomic E-state index is 11.6. The van der Waals surface area contributed by atoms with Gasteiger partial charge in [0.25, 0.3) is 0 Å². The van der Waals surface area contributed by atoms with Crippen LogP contribution in [0.15, 0.2) is 96.7 Å². The Balaban J connectivity index is 2.08. The third-order valence-electron chi connectivity index (χ3n) is 4.75. The Morgan fingerprint density at radius 3 is 1.89 bits per heavy atom. The molecule has 1 N–H and O–H groups in total. The third kappa shape index (κ3) is 4.89. The lowest BCUT2D eigenvalue weighted by Gasteiger charge is -2.29. The first-order chi connectivity index (χ1) is 13.4. The van der Waals surface area contributed by atoms with Gasteiger partial charge in [0.2, 0.25) is 0 Å². The predicted octanol–water partition coefficient (Wildman–Crippen LogP) is 5.82. The fourth-order valence-corrected chi connectivity index (χ4v) is 4.90. The van der Waals surface area contributed by atoms with Gasteiger partial charge in [-0.15, -0.1) is 5.54 Å². The molecule has 0 amide bonds. The van der Waals surface area contributed by atoms with Crippen molar-refractivity contribution >= 4 is 13.6 Å². The van der Waals surface area contributed by atoms with Crippen LogP contribution in [0, 0.1) is 11.5 Å². The van der Waals surface area contributed by atoms with E-state index in [0.29, 0.717) is 0 Å². The lowest BCUT2D eigenvalue weighted by molar-refractivity contribution is 0.122. The molecule has 0 aliphatic rings. The molecule has 3 aromatic carbocycles. The minimum atomic E-state index is -2.06. The summed E-state index contributed by atoms with van der Waals surface area (Å²) in [5.74, 6) is 3.32. The van der Waals surface area contributed by atoms with E-state index >= 15 is 0 Å². The van der Waals surface area contributed by atoms with Gasteiger partial charge >= 0.3 is 0 Å². The van der Waals surface area contributed by atoms with Gasteiger partial charge in [0.1, 0.15) is 5.60 Å². The van der Waals surface area contributed by atoms with Gasteiger partial charge in [0.05, 0.1) is 0 Å². The second kappa shape index (κ2) is 8.44. The zero-order valence-corrected chi connectivity index (χ0v) is 17.7. The highest BCUT2D eigenvalue weighted by atomic mass is 28.3. The average Bonchev–Trinajstić information content (AvgIpc) is 2.73. The summed E-state index contributed by atoms with van der Waals surface area (Å²) in [5, 5.41) is 11.6. The minimum absolute atomic E-state index is 0.880. The van der Waals surface area contributed by atoms with E-state index in [0.717, 1.165) is 22.3 Å². The van der Waals surface area contributed by atoms with Crippen molar-refractivity contribution in [1.82, 2.24) is 0 Å². The molecule has 0 saturated carbocycles. The summed E-state index contributed by atoms with van der Waals surface area (Å²) in [5.41, 5.74) is 8.47. The average molecular weight is 383 g/mol. The van der Waals surface area contributed by atoms with Crippen LogP contribution < -0.4 is 0 Å². The fourth-order valence-electron chi connectivity index (χ4n) is 3.19. The van der Waals surface area contributed by atoms with Crippen LogP contribution in [0.3, 0.4) is 0 Å². The summed E-state index contributed by atoms with van der Waals surface area (Å²) in [6, 6.07) is 30.0. The highest BCUT2D eigenvalue weighted by Crippen LogP contribution is 2.37. The minimum Gasteiger partial charge on any atom is -0.381 e. The van der Waals surface area contributed by atoms with E-state index in [-0.39, 0.29) is 0 Å². The molecule has 1 nitrogen and oxygen atoms in total. The van der Waals surface area contributed by atoms with Crippen molar-refractivity contribution in [3.05, 3.63) is 113 Å². The van der Waals surface area contributed by atoms with Crippen LogP contribution in [-0.2, 0) is 5.60 Å². The molecule has 140 valence electrons. The van der Waals surface area contributed by atoms with E-state index in [9.17, 15) is 5.11 Å². The maximum absolute atomic E-state index is 11.6. The van der Waals surface area contributed by atoms with Gasteiger partial charge in [-0.25, -0.2) is 0 Å². The molecule has 1 atom stereocenters. The molecule has 0 aliphatic heterocycles. The van der Waals surface area contributed by atoms with Crippen LogP contribution >= 0.6 is 0 Å². The van der Waals surface area contributed by atoms with Crippen LogP contribution in [0.1, 0.15) is 23.6 Å². The Labute approximate surface area is 169 Å². The van der Waals surface area contributed by atoms with Crippen molar-refractivity contribution in [2.24, 2.45) is 0 Å². The van der Waals surface area contributed by atoms with Crippen LogP contribution in [0.5, 0.6) is 0 Å². The SMILES string of the molecule is CC(O)(C(=C[Si](C)(C)C#Cc1ccccc1)c1ccccc1)c1ccccc1. The summed E-state index contributed by atoms with van der Waals surface area (Å²) in [6.45, 7) is 6.30. The topological polar surface area (TPSA) is 20.2 Å². The first kappa shape index (κ1) is 19.9. The van der Waals surface area contributed by atoms with Gasteiger partial charge in [-0.3, -0.25) is 0 Å². The molecule has 2 heteroatoms. The molecular formula is C26H26OSi. The highest BCUT2D eigenvalue weighted by molar-refractivity contribution is 6.90. The molecule has 0 heterocycles. The lowest BCUT2D eigenvalue weighted by Crippen LogP contribution is -2.28. The van der Waals surface area contributed by atoms with Crippen molar-refractivity contribution in [3.63, 3.8) is 0 Å². The van der Waals surface area contributed by atoms with Gasteiger partial charge in [0.15, 0.2) is 8.07 Å². The molecule has 3 aromatic rings. The van der Waals surface area contributed by atoms with E-state index in [4.69, 9.17) is 0 Å². The molecule has 28 heavy (non-hydrogen) atoms. The standard InChI is InChI=1S/C26H26OSi/c1-26(27,24-17-11-6-12-18-24)25(23-15-9-5-10-16-23)21-28(2,3)20-19-22-13-7-4-8-14-22/h4-18,21,27H,1-3H3. The van der Waals surface area contributed by atoms with Gasteiger partial charge in [-0.2, -0.15) is 0 Å². The van der Waals surface area contributed by atoms with E-state index < -0.39 is 13.7 Å². The normalized spacial score (nSPS) is 13.9. The zero-order chi connectivity index (χ0) is 20.0. The molecule has 3 rings (SSSR count). The van der Waals surface area contributed by atoms with Crippen LogP contribution in [0.25, 0.3) is 5.57 Å². The highest BCUT2D eigenvalue weighted by Gasteiger charge is 2.31. The Morgan fingerprint density at radius 1 is 0.821 bits per heavy atom. The smallest absolute Gasteiger partial charge is 0.156 e. The van der Waals surface area contributed by atoms with E-state index in [1.54, 1.807) is 0 Å². The molecule has 0 saturated heterocycles. The quantitative estimate of drug-likeness (QED) is 0.445. The third-order valence-corrected chi connectivity index (χ3v) is 6.53. The summed E-state index contributed by atoms with van der Waals surface area (Å²) in [4.78, 5) is 0. The Morgan fingerprint density at radius 2 is 1.32 bits per heavy atom. The number of aliphatic hydroxyl groups is 1. The van der Waals surface area contributed by atoms with Crippen molar-refractivity contribution in [1.29, 1.82) is 0 Å². The second-order valence-corrected chi connectivity index (χ2v) is 11.7. The largest absolute Gasteiger partial charge is 0.381 e. The van der Waals surface area contributed by atoms with Crippen molar-refractivity contribution in [3.8, 4) is 11.5 Å².